The summed E-state index contributed by atoms with van der Waals surface area (Å²) >= 11 is 17.2. The Kier molecular flexibility index (Phi) is 4.62. The van der Waals surface area contributed by atoms with Gasteiger partial charge in [0.15, 0.2) is 0 Å². The third-order valence-electron chi connectivity index (χ3n) is 2.36. The fraction of sp³-hybridized carbons (Fsp3) is 0. The zero-order valence-electron chi connectivity index (χ0n) is 10.0. The third-order valence-corrected chi connectivity index (χ3v) is 3.34. The van der Waals surface area contributed by atoms with Crippen molar-refractivity contribution in [3.05, 3.63) is 61.3 Å². The molecule has 0 aliphatic heterocycles. The molecule has 0 N–H and O–H groups in total. The van der Waals surface area contributed by atoms with Gasteiger partial charge in [0, 0.05) is 18.3 Å². The molecule has 0 spiro atoms. The summed E-state index contributed by atoms with van der Waals surface area (Å²) in [7, 11) is 0. The molecule has 0 aliphatic carbocycles. The molecular formula is C12H5Cl3N2O4. The van der Waals surface area contributed by atoms with Crippen LogP contribution in [-0.2, 0) is 0 Å². The second kappa shape index (κ2) is 6.26. The van der Waals surface area contributed by atoms with Crippen molar-refractivity contribution in [2.45, 2.75) is 0 Å². The van der Waals surface area contributed by atoms with Crippen LogP contribution in [0.3, 0.4) is 0 Å². The van der Waals surface area contributed by atoms with Crippen molar-refractivity contribution in [1.29, 1.82) is 0 Å². The SMILES string of the molecule is O=C(Oc1ccc([N+](=O)[O-])cc1Cl)c1cnc(Cl)c(Cl)c1. The van der Waals surface area contributed by atoms with E-state index in [0.29, 0.717) is 0 Å². The number of hydrogen-bond acceptors (Lipinski definition) is 5. The van der Waals surface area contributed by atoms with Gasteiger partial charge in [-0.3, -0.25) is 10.1 Å². The zero-order valence-corrected chi connectivity index (χ0v) is 12.3. The van der Waals surface area contributed by atoms with Crippen LogP contribution in [0.15, 0.2) is 30.5 Å². The minimum atomic E-state index is -0.767. The van der Waals surface area contributed by atoms with Crippen molar-refractivity contribution < 1.29 is 14.5 Å². The van der Waals surface area contributed by atoms with Crippen LogP contribution in [0.1, 0.15) is 10.4 Å². The summed E-state index contributed by atoms with van der Waals surface area (Å²) in [5.74, 6) is -0.782. The maximum absolute atomic E-state index is 11.9. The number of carbonyl (C=O) groups is 1. The van der Waals surface area contributed by atoms with Crippen molar-refractivity contribution in [2.24, 2.45) is 0 Å². The van der Waals surface area contributed by atoms with Crippen LogP contribution in [0.25, 0.3) is 0 Å². The summed E-state index contributed by atoms with van der Waals surface area (Å²) in [4.78, 5) is 25.6. The van der Waals surface area contributed by atoms with Gasteiger partial charge in [0.1, 0.15) is 10.9 Å². The first-order valence-corrected chi connectivity index (χ1v) is 6.49. The number of nitro benzene ring substituents is 1. The van der Waals surface area contributed by atoms with Crippen molar-refractivity contribution in [2.75, 3.05) is 0 Å². The third kappa shape index (κ3) is 3.60. The molecular weight excluding hydrogens is 343 g/mol. The second-order valence-electron chi connectivity index (χ2n) is 3.76. The topological polar surface area (TPSA) is 82.3 Å². The Bertz CT molecular complexity index is 736. The molecule has 1 heterocycles. The molecule has 0 bridgehead atoms. The van der Waals surface area contributed by atoms with Crippen LogP contribution in [0, 0.1) is 10.1 Å². The van der Waals surface area contributed by atoms with E-state index in [1.165, 1.54) is 24.4 Å². The highest BCUT2D eigenvalue weighted by Gasteiger charge is 2.16. The number of non-ortho nitro benzene ring substituents is 1. The Morgan fingerprint density at radius 1 is 1.19 bits per heavy atom. The highest BCUT2D eigenvalue weighted by molar-refractivity contribution is 6.41. The molecule has 2 rings (SSSR count). The maximum atomic E-state index is 11.9. The highest BCUT2D eigenvalue weighted by Crippen LogP contribution is 2.29. The molecule has 1 aromatic heterocycles. The number of nitro groups is 1. The summed E-state index contributed by atoms with van der Waals surface area (Å²) < 4.78 is 5.03. The molecule has 0 atom stereocenters. The van der Waals surface area contributed by atoms with Crippen LogP contribution in [-0.4, -0.2) is 15.9 Å². The van der Waals surface area contributed by atoms with Crippen LogP contribution >= 0.6 is 34.8 Å². The van der Waals surface area contributed by atoms with Gasteiger partial charge in [-0.25, -0.2) is 9.78 Å². The maximum Gasteiger partial charge on any atom is 0.345 e. The van der Waals surface area contributed by atoms with Gasteiger partial charge in [0.05, 0.1) is 20.5 Å². The van der Waals surface area contributed by atoms with E-state index >= 15 is 0 Å². The lowest BCUT2D eigenvalue weighted by Crippen LogP contribution is -2.09. The van der Waals surface area contributed by atoms with E-state index in [1.807, 2.05) is 0 Å². The molecule has 0 saturated carbocycles. The molecule has 9 heteroatoms. The lowest BCUT2D eigenvalue weighted by molar-refractivity contribution is -0.384. The standard InChI is InChI=1S/C12H5Cl3N2O4/c13-8-4-7(17(19)20)1-2-10(8)21-12(18)6-3-9(14)11(15)16-5-6/h1-5H. The first kappa shape index (κ1) is 15.5. The Balaban J connectivity index is 2.23. The molecule has 1 aromatic carbocycles. The molecule has 21 heavy (non-hydrogen) atoms. The summed E-state index contributed by atoms with van der Waals surface area (Å²) in [5, 5.41) is 10.7. The number of esters is 1. The number of nitrogens with zero attached hydrogens (tertiary/aromatic N) is 2. The average Bonchev–Trinajstić information content (AvgIpc) is 2.43. The van der Waals surface area contributed by atoms with E-state index in [2.05, 4.69) is 4.98 Å². The fourth-order valence-electron chi connectivity index (χ4n) is 1.38. The number of aromatic nitrogens is 1. The quantitative estimate of drug-likeness (QED) is 0.273. The van der Waals surface area contributed by atoms with Crippen molar-refractivity contribution in [1.82, 2.24) is 4.98 Å². The van der Waals surface area contributed by atoms with E-state index in [-0.39, 0.29) is 32.2 Å². The Hall–Kier alpha value is -1.89. The van der Waals surface area contributed by atoms with Crippen LogP contribution in [0.2, 0.25) is 15.2 Å². The molecule has 0 amide bonds. The molecule has 6 nitrogen and oxygen atoms in total. The van der Waals surface area contributed by atoms with Gasteiger partial charge in [-0.2, -0.15) is 0 Å². The molecule has 108 valence electrons. The summed E-state index contributed by atoms with van der Waals surface area (Å²) in [6.45, 7) is 0. The van der Waals surface area contributed by atoms with Crippen LogP contribution in [0.4, 0.5) is 5.69 Å². The molecule has 0 aliphatic rings. The van der Waals surface area contributed by atoms with Crippen LogP contribution < -0.4 is 4.74 Å². The van der Waals surface area contributed by atoms with E-state index in [4.69, 9.17) is 39.5 Å². The van der Waals surface area contributed by atoms with E-state index in [0.717, 1.165) is 6.07 Å². The minimum absolute atomic E-state index is 0.0154. The Labute approximate surface area is 133 Å². The Morgan fingerprint density at radius 2 is 1.90 bits per heavy atom. The number of halogens is 3. The van der Waals surface area contributed by atoms with Crippen molar-refractivity contribution >= 4 is 46.5 Å². The largest absolute Gasteiger partial charge is 0.421 e. The van der Waals surface area contributed by atoms with E-state index in [1.54, 1.807) is 0 Å². The number of benzene rings is 1. The number of pyridine rings is 1. The molecule has 0 unspecified atom stereocenters. The number of hydrogen-bond donors (Lipinski definition) is 0. The first-order valence-electron chi connectivity index (χ1n) is 5.35. The number of carbonyl (C=O) groups excluding carboxylic acids is 1. The number of ether oxygens (including phenoxy) is 1. The smallest absolute Gasteiger partial charge is 0.345 e. The van der Waals surface area contributed by atoms with Crippen molar-refractivity contribution in [3.8, 4) is 5.75 Å². The summed E-state index contributed by atoms with van der Waals surface area (Å²) in [5.41, 5.74) is -0.144. The molecule has 0 radical (unpaired) electrons. The average molecular weight is 348 g/mol. The minimum Gasteiger partial charge on any atom is -0.421 e. The van der Waals surface area contributed by atoms with E-state index < -0.39 is 10.9 Å². The Morgan fingerprint density at radius 3 is 2.48 bits per heavy atom. The normalized spacial score (nSPS) is 10.2. The second-order valence-corrected chi connectivity index (χ2v) is 4.93. The first-order chi connectivity index (χ1) is 9.88. The van der Waals surface area contributed by atoms with Gasteiger partial charge in [0.25, 0.3) is 5.69 Å². The monoisotopic (exact) mass is 346 g/mol. The van der Waals surface area contributed by atoms with Gasteiger partial charge in [-0.05, 0) is 12.1 Å². The van der Waals surface area contributed by atoms with Crippen LogP contribution in [0.5, 0.6) is 5.75 Å². The number of rotatable bonds is 3. The zero-order chi connectivity index (χ0) is 15.6. The molecule has 0 saturated heterocycles. The fourth-order valence-corrected chi connectivity index (χ4v) is 1.86. The predicted octanol–water partition coefficient (Wildman–Crippen LogP) is 4.17. The lowest BCUT2D eigenvalue weighted by Gasteiger charge is -2.06. The summed E-state index contributed by atoms with van der Waals surface area (Å²) in [6, 6.07) is 4.76. The predicted molar refractivity (Wildman–Crippen MR) is 77.3 cm³/mol. The van der Waals surface area contributed by atoms with Gasteiger partial charge in [-0.1, -0.05) is 34.8 Å². The van der Waals surface area contributed by atoms with Gasteiger partial charge >= 0.3 is 5.97 Å². The lowest BCUT2D eigenvalue weighted by atomic mass is 10.3. The molecule has 2 aromatic rings. The van der Waals surface area contributed by atoms with E-state index in [9.17, 15) is 14.9 Å². The molecule has 0 fully saturated rings. The van der Waals surface area contributed by atoms with Gasteiger partial charge in [0.2, 0.25) is 0 Å². The van der Waals surface area contributed by atoms with Gasteiger partial charge in [-0.15, -0.1) is 0 Å². The highest BCUT2D eigenvalue weighted by atomic mass is 35.5. The summed E-state index contributed by atoms with van der Waals surface area (Å²) in [6.07, 6.45) is 1.19. The van der Waals surface area contributed by atoms with Gasteiger partial charge < -0.3 is 4.74 Å². The van der Waals surface area contributed by atoms with Crippen molar-refractivity contribution in [3.63, 3.8) is 0 Å².